The van der Waals surface area contributed by atoms with Gasteiger partial charge in [0, 0.05) is 24.3 Å². The second-order valence-corrected chi connectivity index (χ2v) is 13.3. The zero-order valence-corrected chi connectivity index (χ0v) is 26.3. The van der Waals surface area contributed by atoms with Crippen LogP contribution in [0.3, 0.4) is 0 Å². The van der Waals surface area contributed by atoms with Crippen LogP contribution in [-0.4, -0.2) is 67.9 Å². The molecule has 4 rings (SSSR count). The number of rotatable bonds is 11. The van der Waals surface area contributed by atoms with Crippen LogP contribution in [0.25, 0.3) is 0 Å². The number of nitrogens with zero attached hydrogens (tertiary/aromatic N) is 1. The van der Waals surface area contributed by atoms with Crippen LogP contribution in [0.5, 0.6) is 11.5 Å². The molecule has 11 heteroatoms. The fourth-order valence-electron chi connectivity index (χ4n) is 5.42. The predicted molar refractivity (Wildman–Crippen MR) is 170 cm³/mol. The first-order chi connectivity index (χ1) is 19.5. The number of carbonyl (C=O) groups excluding carboxylic acids is 1. The first-order valence-corrected chi connectivity index (χ1v) is 16.4. The van der Waals surface area contributed by atoms with E-state index in [-0.39, 0.29) is 42.5 Å². The van der Waals surface area contributed by atoms with Gasteiger partial charge in [-0.25, -0.2) is 8.42 Å². The first-order valence-electron chi connectivity index (χ1n) is 14.5. The number of nitrogens with one attached hydrogen (secondary N) is 3. The molecule has 1 heterocycles. The lowest BCUT2D eigenvalue weighted by atomic mass is 9.93. The summed E-state index contributed by atoms with van der Waals surface area (Å²) in [5.41, 5.74) is 2.81. The van der Waals surface area contributed by atoms with Gasteiger partial charge in [-0.1, -0.05) is 23.8 Å². The largest absolute Gasteiger partial charge is 0.457 e. The number of anilines is 1. The molecule has 9 nitrogen and oxygen atoms in total. The highest BCUT2D eigenvalue weighted by Gasteiger charge is 2.27. The fourth-order valence-corrected chi connectivity index (χ4v) is 5.98. The van der Waals surface area contributed by atoms with Gasteiger partial charge in [0.25, 0.3) is 0 Å². The molecule has 1 unspecified atom stereocenters. The molecule has 2 fully saturated rings. The van der Waals surface area contributed by atoms with Gasteiger partial charge >= 0.3 is 0 Å². The average molecular weight is 621 g/mol. The van der Waals surface area contributed by atoms with E-state index in [9.17, 15) is 18.3 Å². The zero-order valence-electron chi connectivity index (χ0n) is 24.7. The van der Waals surface area contributed by atoms with E-state index < -0.39 is 10.0 Å². The Morgan fingerprint density at radius 2 is 1.52 bits per heavy atom. The number of halogens is 1. The molecule has 2 aromatic rings. The lowest BCUT2D eigenvalue weighted by Crippen LogP contribution is -2.53. The minimum atomic E-state index is -3.31. The minimum Gasteiger partial charge on any atom is -0.457 e. The van der Waals surface area contributed by atoms with Crippen LogP contribution < -0.4 is 20.1 Å². The highest BCUT2D eigenvalue weighted by Crippen LogP contribution is 2.25. The molecule has 1 saturated carbocycles. The molecule has 1 aliphatic carbocycles. The summed E-state index contributed by atoms with van der Waals surface area (Å²) in [6.45, 7) is 6.80. The molecule has 2 aromatic carbocycles. The number of allylic oxidation sites excluding steroid dienone is 1. The van der Waals surface area contributed by atoms with Crippen molar-refractivity contribution >= 4 is 34.0 Å². The Hall–Kier alpha value is -2.63. The highest BCUT2D eigenvalue weighted by atomic mass is 35.5. The van der Waals surface area contributed by atoms with Crippen LogP contribution in [0.2, 0.25) is 0 Å². The lowest BCUT2D eigenvalue weighted by Gasteiger charge is -2.34. The summed E-state index contributed by atoms with van der Waals surface area (Å²) in [7, 11) is -3.31. The molecule has 1 aliphatic heterocycles. The molecule has 1 atom stereocenters. The Bertz CT molecular complexity index is 1270. The van der Waals surface area contributed by atoms with Crippen LogP contribution in [0.4, 0.5) is 5.69 Å². The third-order valence-corrected chi connectivity index (χ3v) is 8.16. The zero-order chi connectivity index (χ0) is 29.4. The van der Waals surface area contributed by atoms with Crippen LogP contribution >= 0.6 is 12.4 Å². The van der Waals surface area contributed by atoms with Crippen molar-refractivity contribution in [2.75, 3.05) is 24.1 Å². The molecule has 0 radical (unpaired) electrons. The summed E-state index contributed by atoms with van der Waals surface area (Å²) in [5, 5.41) is 16.6. The molecule has 0 aromatic heterocycles. The van der Waals surface area contributed by atoms with Gasteiger partial charge in [-0.2, -0.15) is 0 Å². The molecular weight excluding hydrogens is 576 g/mol. The first kappa shape index (κ1) is 33.9. The predicted octanol–water partition coefficient (Wildman–Crippen LogP) is 4.58. The van der Waals surface area contributed by atoms with E-state index in [0.29, 0.717) is 17.2 Å². The van der Waals surface area contributed by atoms with Crippen LogP contribution in [0.15, 0.2) is 60.2 Å². The lowest BCUT2D eigenvalue weighted by molar-refractivity contribution is -0.123. The quantitative estimate of drug-likeness (QED) is 0.272. The molecule has 2 aliphatic rings. The monoisotopic (exact) mass is 620 g/mol. The van der Waals surface area contributed by atoms with Crippen molar-refractivity contribution in [1.82, 2.24) is 15.5 Å². The molecule has 232 valence electrons. The number of carbonyl (C=O) groups is 1. The van der Waals surface area contributed by atoms with Crippen LogP contribution in [0.1, 0.15) is 57.9 Å². The van der Waals surface area contributed by atoms with Gasteiger partial charge in [0.15, 0.2) is 0 Å². The van der Waals surface area contributed by atoms with Gasteiger partial charge in [0.1, 0.15) is 17.5 Å². The van der Waals surface area contributed by atoms with Gasteiger partial charge in [0.2, 0.25) is 15.9 Å². The molecule has 0 spiro atoms. The number of amides is 1. The topological polar surface area (TPSA) is 120 Å². The van der Waals surface area contributed by atoms with Crippen molar-refractivity contribution in [1.29, 1.82) is 0 Å². The number of hydrogen-bond donors (Lipinski definition) is 4. The van der Waals surface area contributed by atoms with E-state index in [1.165, 1.54) is 5.56 Å². The van der Waals surface area contributed by atoms with Crippen molar-refractivity contribution in [3.63, 3.8) is 0 Å². The van der Waals surface area contributed by atoms with Crippen molar-refractivity contribution in [2.24, 2.45) is 0 Å². The van der Waals surface area contributed by atoms with Gasteiger partial charge in [-0.3, -0.25) is 19.7 Å². The summed E-state index contributed by atoms with van der Waals surface area (Å²) in [6, 6.07) is 14.9. The number of benzene rings is 2. The molecule has 0 bridgehead atoms. The smallest absolute Gasteiger partial charge is 0.241 e. The van der Waals surface area contributed by atoms with Gasteiger partial charge in [-0.15, -0.1) is 12.4 Å². The molecular formula is C31H45ClN4O5S. The Kier molecular flexibility index (Phi) is 12.7. The summed E-state index contributed by atoms with van der Waals surface area (Å²) >= 11 is 0. The fraction of sp³-hybridized carbons (Fsp3) is 0.516. The number of aliphatic hydroxyl groups is 1. The molecule has 42 heavy (non-hydrogen) atoms. The van der Waals surface area contributed by atoms with E-state index in [1.54, 1.807) is 24.3 Å². The van der Waals surface area contributed by atoms with Gasteiger partial charge in [-0.05, 0) is 107 Å². The normalized spacial score (nSPS) is 20.6. The highest BCUT2D eigenvalue weighted by molar-refractivity contribution is 7.92. The van der Waals surface area contributed by atoms with Crippen molar-refractivity contribution in [3.05, 3.63) is 65.7 Å². The Morgan fingerprint density at radius 3 is 2.07 bits per heavy atom. The summed E-state index contributed by atoms with van der Waals surface area (Å²) in [5.74, 6) is 1.37. The average Bonchev–Trinajstić information content (AvgIpc) is 2.92. The maximum Gasteiger partial charge on any atom is 0.241 e. The van der Waals surface area contributed by atoms with E-state index in [0.717, 1.165) is 70.0 Å². The Balaban J connectivity index is 0.00000484. The van der Waals surface area contributed by atoms with Crippen molar-refractivity contribution < 1.29 is 23.1 Å². The maximum absolute atomic E-state index is 13.1. The third kappa shape index (κ3) is 11.2. The number of piperidine rings is 1. The number of sulfonamides is 1. The van der Waals surface area contributed by atoms with E-state index in [1.807, 2.05) is 32.1 Å². The molecule has 4 N–H and O–H groups in total. The van der Waals surface area contributed by atoms with Gasteiger partial charge < -0.3 is 15.2 Å². The number of aliphatic hydroxyl groups excluding tert-OH is 1. The summed E-state index contributed by atoms with van der Waals surface area (Å²) in [6.07, 6.45) is 8.01. The third-order valence-electron chi connectivity index (χ3n) is 7.55. The maximum atomic E-state index is 13.1. The standard InChI is InChI=1S/C31H44N4O5S.ClH/c1-22(2)20-30(31(37)33-24-6-10-27(36)11-7-24)32-25-16-18-35(19-17-25)21-23-4-12-28(13-5-23)40-29-14-8-26(9-15-29)34-41(3,38)39;/h4-5,8-9,12-15,20,24-25,27,30,32,34,36H,6-7,10-11,16-19,21H2,1-3H3,(H,33,37);1H. The van der Waals surface area contributed by atoms with Crippen molar-refractivity contribution in [2.45, 2.75) is 83.1 Å². The number of hydrogen-bond acceptors (Lipinski definition) is 7. The minimum absolute atomic E-state index is 0. The molecule has 1 amide bonds. The Morgan fingerprint density at radius 1 is 0.952 bits per heavy atom. The summed E-state index contributed by atoms with van der Waals surface area (Å²) in [4.78, 5) is 15.5. The molecule has 1 saturated heterocycles. The van der Waals surface area contributed by atoms with Crippen molar-refractivity contribution in [3.8, 4) is 11.5 Å². The van der Waals surface area contributed by atoms with E-state index >= 15 is 0 Å². The number of ether oxygens (including phenoxy) is 1. The SMILES string of the molecule is CC(C)=CC(NC1CCN(Cc2ccc(Oc3ccc(NS(C)(=O)=O)cc3)cc2)CC1)C(=O)NC1CCC(O)CC1.Cl. The van der Waals surface area contributed by atoms with E-state index in [2.05, 4.69) is 32.4 Å². The van der Waals surface area contributed by atoms with Crippen LogP contribution in [0, 0.1) is 0 Å². The second-order valence-electron chi connectivity index (χ2n) is 11.6. The number of likely N-dealkylation sites (tertiary alicyclic amines) is 1. The van der Waals surface area contributed by atoms with Crippen LogP contribution in [-0.2, 0) is 21.4 Å². The second kappa shape index (κ2) is 15.7. The Labute approximate surface area is 256 Å². The van der Waals surface area contributed by atoms with E-state index in [4.69, 9.17) is 4.74 Å². The summed E-state index contributed by atoms with van der Waals surface area (Å²) < 4.78 is 31.1. The van der Waals surface area contributed by atoms with Gasteiger partial charge in [0.05, 0.1) is 12.4 Å².